The lowest BCUT2D eigenvalue weighted by atomic mass is 10.1. The molecule has 4 nitrogen and oxygen atoms in total. The number of aromatic hydroxyl groups is 2. The summed E-state index contributed by atoms with van der Waals surface area (Å²) in [6.45, 7) is 2.15. The summed E-state index contributed by atoms with van der Waals surface area (Å²) in [6, 6.07) is 11.7. The topological polar surface area (TPSA) is 66.8 Å². The second kappa shape index (κ2) is 17.8. The molecule has 0 aliphatic carbocycles. The van der Waals surface area contributed by atoms with Gasteiger partial charge in [0.15, 0.2) is 0 Å². The number of rotatable bonds is 16. The Labute approximate surface area is 216 Å². The number of phenols is 2. The standard InChI is InChI=1S/C32H40O4/c1-2-3-4-5-6-7-8-9-10-11-12-13-14-15-16-17-32(35)36-31-22-20-27(21-23-31)18-19-28-24-29(33)26-30(34)25-28/h3-4,6-7,9-10,18-26,33-34H,2,5,8,11-17H2,1H3/b4-3-,7-6-,10-9-,19-18?. The highest BCUT2D eigenvalue weighted by Crippen LogP contribution is 2.22. The van der Waals surface area contributed by atoms with Crippen LogP contribution < -0.4 is 4.74 Å². The third-order valence-electron chi connectivity index (χ3n) is 5.54. The zero-order chi connectivity index (χ0) is 25.8. The Hall–Kier alpha value is -3.53. The van der Waals surface area contributed by atoms with Crippen LogP contribution in [0.15, 0.2) is 78.9 Å². The molecule has 0 heterocycles. The van der Waals surface area contributed by atoms with Gasteiger partial charge in [-0.3, -0.25) is 4.79 Å². The zero-order valence-electron chi connectivity index (χ0n) is 21.4. The average Bonchev–Trinajstić information content (AvgIpc) is 2.85. The van der Waals surface area contributed by atoms with E-state index in [9.17, 15) is 15.0 Å². The van der Waals surface area contributed by atoms with Gasteiger partial charge in [-0.25, -0.2) is 0 Å². The fourth-order valence-electron chi connectivity index (χ4n) is 3.62. The highest BCUT2D eigenvalue weighted by molar-refractivity contribution is 5.73. The quantitative estimate of drug-likeness (QED) is 0.0815. The number of phenolic OH excluding ortho intramolecular Hbond substituents is 2. The summed E-state index contributed by atoms with van der Waals surface area (Å²) in [7, 11) is 0. The Bertz CT molecular complexity index is 993. The van der Waals surface area contributed by atoms with Crippen molar-refractivity contribution in [2.24, 2.45) is 0 Å². The first-order chi connectivity index (χ1) is 17.6. The molecule has 4 heteroatoms. The average molecular weight is 489 g/mol. The van der Waals surface area contributed by atoms with Crippen molar-refractivity contribution in [3.05, 3.63) is 90.0 Å². The molecule has 2 N–H and O–H groups in total. The summed E-state index contributed by atoms with van der Waals surface area (Å²) in [6.07, 6.45) is 27.1. The van der Waals surface area contributed by atoms with Crippen LogP contribution in [-0.4, -0.2) is 16.2 Å². The van der Waals surface area contributed by atoms with Crippen LogP contribution in [-0.2, 0) is 4.79 Å². The predicted octanol–water partition coefficient (Wildman–Crippen LogP) is 8.76. The molecule has 0 unspecified atom stereocenters. The maximum absolute atomic E-state index is 12.1. The molecule has 0 amide bonds. The summed E-state index contributed by atoms with van der Waals surface area (Å²) in [5, 5.41) is 19.1. The smallest absolute Gasteiger partial charge is 0.311 e. The van der Waals surface area contributed by atoms with Crippen LogP contribution in [0.5, 0.6) is 17.2 Å². The first-order valence-electron chi connectivity index (χ1n) is 13.0. The molecular weight excluding hydrogens is 448 g/mol. The number of ether oxygens (including phenoxy) is 1. The minimum absolute atomic E-state index is 0.0133. The van der Waals surface area contributed by atoms with Gasteiger partial charge in [-0.1, -0.05) is 86.9 Å². The molecule has 0 aliphatic heterocycles. The number of carbonyl (C=O) groups excluding carboxylic acids is 1. The molecule has 0 saturated carbocycles. The Morgan fingerprint density at radius 3 is 2.00 bits per heavy atom. The monoisotopic (exact) mass is 488 g/mol. The highest BCUT2D eigenvalue weighted by atomic mass is 16.5. The second-order valence-corrected chi connectivity index (χ2v) is 8.76. The number of esters is 1. The maximum atomic E-state index is 12.1. The summed E-state index contributed by atoms with van der Waals surface area (Å²) in [4.78, 5) is 12.1. The lowest BCUT2D eigenvalue weighted by Gasteiger charge is -2.05. The minimum Gasteiger partial charge on any atom is -0.508 e. The molecule has 0 aliphatic rings. The fourth-order valence-corrected chi connectivity index (χ4v) is 3.62. The van der Waals surface area contributed by atoms with Crippen LogP contribution >= 0.6 is 0 Å². The van der Waals surface area contributed by atoms with Gasteiger partial charge in [0.2, 0.25) is 0 Å². The molecule has 2 rings (SSSR count). The van der Waals surface area contributed by atoms with E-state index < -0.39 is 0 Å². The molecule has 192 valence electrons. The van der Waals surface area contributed by atoms with E-state index in [1.807, 2.05) is 18.2 Å². The Morgan fingerprint density at radius 2 is 1.31 bits per heavy atom. The number of unbranched alkanes of at least 4 members (excludes halogenated alkanes) is 5. The van der Waals surface area contributed by atoms with Crippen molar-refractivity contribution in [3.63, 3.8) is 0 Å². The van der Waals surface area contributed by atoms with Crippen molar-refractivity contribution in [3.8, 4) is 17.2 Å². The Kier molecular flexibility index (Phi) is 14.2. The first-order valence-corrected chi connectivity index (χ1v) is 13.0. The van der Waals surface area contributed by atoms with Crippen molar-refractivity contribution in [1.29, 1.82) is 0 Å². The van der Waals surface area contributed by atoms with Crippen LogP contribution in [0.2, 0.25) is 0 Å². The van der Waals surface area contributed by atoms with E-state index in [4.69, 9.17) is 4.74 Å². The molecule has 0 radical (unpaired) electrons. The van der Waals surface area contributed by atoms with Crippen LogP contribution in [0.3, 0.4) is 0 Å². The molecule has 2 aromatic rings. The van der Waals surface area contributed by atoms with Gasteiger partial charge in [0.25, 0.3) is 0 Å². The zero-order valence-corrected chi connectivity index (χ0v) is 21.4. The van der Waals surface area contributed by atoms with Gasteiger partial charge in [0.05, 0.1) is 0 Å². The number of benzene rings is 2. The number of hydrogen-bond acceptors (Lipinski definition) is 4. The molecule has 2 aromatic carbocycles. The summed E-state index contributed by atoms with van der Waals surface area (Å²) < 4.78 is 5.44. The van der Waals surface area contributed by atoms with Crippen LogP contribution in [0.25, 0.3) is 12.2 Å². The van der Waals surface area contributed by atoms with Gasteiger partial charge in [-0.2, -0.15) is 0 Å². The van der Waals surface area contributed by atoms with E-state index in [0.29, 0.717) is 17.7 Å². The van der Waals surface area contributed by atoms with Gasteiger partial charge < -0.3 is 14.9 Å². The summed E-state index contributed by atoms with van der Waals surface area (Å²) in [5.74, 6) is 0.361. The van der Waals surface area contributed by atoms with Crippen molar-refractivity contribution >= 4 is 18.1 Å². The van der Waals surface area contributed by atoms with Crippen LogP contribution in [0.1, 0.15) is 82.3 Å². The van der Waals surface area contributed by atoms with Gasteiger partial charge in [-0.15, -0.1) is 0 Å². The fraction of sp³-hybridized carbons (Fsp3) is 0.344. The summed E-state index contributed by atoms with van der Waals surface area (Å²) >= 11 is 0. The number of carbonyl (C=O) groups is 1. The number of hydrogen-bond donors (Lipinski definition) is 2. The molecule has 0 atom stereocenters. The van der Waals surface area contributed by atoms with Gasteiger partial charge in [0, 0.05) is 12.5 Å². The first kappa shape index (κ1) is 28.7. The van der Waals surface area contributed by atoms with E-state index >= 15 is 0 Å². The predicted molar refractivity (Wildman–Crippen MR) is 150 cm³/mol. The van der Waals surface area contributed by atoms with Crippen LogP contribution in [0.4, 0.5) is 0 Å². The molecule has 0 bridgehead atoms. The lowest BCUT2D eigenvalue weighted by molar-refractivity contribution is -0.134. The van der Waals surface area contributed by atoms with Crippen molar-refractivity contribution in [1.82, 2.24) is 0 Å². The van der Waals surface area contributed by atoms with Crippen molar-refractivity contribution in [2.45, 2.75) is 71.1 Å². The largest absolute Gasteiger partial charge is 0.508 e. The van der Waals surface area contributed by atoms with Crippen LogP contribution in [0, 0.1) is 0 Å². The van der Waals surface area contributed by atoms with Crippen molar-refractivity contribution < 1.29 is 19.7 Å². The SMILES string of the molecule is CC/C=C\C/C=C\C/C=C\CCCCCCCC(=O)Oc1ccc(C=Cc2cc(O)cc(O)c2)cc1. The maximum Gasteiger partial charge on any atom is 0.311 e. The summed E-state index contributed by atoms with van der Waals surface area (Å²) in [5.41, 5.74) is 1.61. The van der Waals surface area contributed by atoms with Gasteiger partial charge in [0.1, 0.15) is 17.2 Å². The lowest BCUT2D eigenvalue weighted by Crippen LogP contribution is -2.07. The molecule has 0 fully saturated rings. The van der Waals surface area contributed by atoms with E-state index in [-0.39, 0.29) is 17.5 Å². The Morgan fingerprint density at radius 1 is 0.722 bits per heavy atom. The van der Waals surface area contributed by atoms with Gasteiger partial charge >= 0.3 is 5.97 Å². The van der Waals surface area contributed by atoms with Crippen molar-refractivity contribution in [2.75, 3.05) is 0 Å². The number of allylic oxidation sites excluding steroid dienone is 6. The Balaban J connectivity index is 1.53. The normalized spacial score (nSPS) is 11.9. The third kappa shape index (κ3) is 13.4. The third-order valence-corrected chi connectivity index (χ3v) is 5.54. The van der Waals surface area contributed by atoms with E-state index in [0.717, 1.165) is 50.5 Å². The molecule has 0 saturated heterocycles. The molecule has 0 aromatic heterocycles. The molecular formula is C32H40O4. The van der Waals surface area contributed by atoms with E-state index in [1.54, 1.807) is 30.3 Å². The molecule has 0 spiro atoms. The second-order valence-electron chi connectivity index (χ2n) is 8.76. The van der Waals surface area contributed by atoms with Gasteiger partial charge in [-0.05, 0) is 73.9 Å². The molecule has 36 heavy (non-hydrogen) atoms. The van der Waals surface area contributed by atoms with E-state index in [1.165, 1.54) is 18.9 Å². The highest BCUT2D eigenvalue weighted by Gasteiger charge is 2.04. The minimum atomic E-state index is -0.199. The van der Waals surface area contributed by atoms with E-state index in [2.05, 4.69) is 43.4 Å².